The van der Waals surface area contributed by atoms with E-state index in [1.807, 2.05) is 24.4 Å². The first-order chi connectivity index (χ1) is 8.84. The van der Waals surface area contributed by atoms with Crippen molar-refractivity contribution in [2.75, 3.05) is 6.54 Å². The smallest absolute Gasteiger partial charge is 0.123 e. The third kappa shape index (κ3) is 2.14. The van der Waals surface area contributed by atoms with Gasteiger partial charge in [0.15, 0.2) is 0 Å². The molecule has 0 aliphatic carbocycles. The summed E-state index contributed by atoms with van der Waals surface area (Å²) in [6.45, 7) is 0.957. The van der Waals surface area contributed by atoms with Crippen molar-refractivity contribution in [3.63, 3.8) is 0 Å². The molecular formula is C15H15FN2. The van der Waals surface area contributed by atoms with Crippen LogP contribution in [-0.2, 0) is 6.42 Å². The number of halogens is 1. The second-order valence-corrected chi connectivity index (χ2v) is 4.58. The second kappa shape index (κ2) is 4.86. The molecule has 3 rings (SSSR count). The minimum atomic E-state index is -0.196. The van der Waals surface area contributed by atoms with Crippen LogP contribution in [0.1, 0.15) is 29.3 Å². The summed E-state index contributed by atoms with van der Waals surface area (Å²) in [5.41, 5.74) is 3.45. The van der Waals surface area contributed by atoms with E-state index in [-0.39, 0.29) is 11.9 Å². The number of aryl methyl sites for hydroxylation is 1. The molecule has 0 spiro atoms. The third-order valence-electron chi connectivity index (χ3n) is 3.38. The normalized spacial score (nSPS) is 19.1. The van der Waals surface area contributed by atoms with Crippen molar-refractivity contribution in [1.82, 2.24) is 10.3 Å². The lowest BCUT2D eigenvalue weighted by Gasteiger charge is -2.18. The molecule has 2 heterocycles. The fourth-order valence-electron chi connectivity index (χ4n) is 2.49. The summed E-state index contributed by atoms with van der Waals surface area (Å²) in [5.74, 6) is -0.196. The molecule has 18 heavy (non-hydrogen) atoms. The van der Waals surface area contributed by atoms with Crippen LogP contribution < -0.4 is 5.32 Å². The summed E-state index contributed by atoms with van der Waals surface area (Å²) in [5, 5.41) is 3.51. The molecule has 1 atom stereocenters. The average molecular weight is 242 g/mol. The van der Waals surface area contributed by atoms with Crippen LogP contribution in [0.15, 0.2) is 42.6 Å². The number of benzene rings is 1. The number of nitrogens with zero attached hydrogens (tertiary/aromatic N) is 1. The molecule has 3 heteroatoms. The molecule has 92 valence electrons. The number of pyridine rings is 1. The Bertz CT molecular complexity index is 536. The van der Waals surface area contributed by atoms with Crippen LogP contribution in [0.2, 0.25) is 0 Å². The molecule has 0 saturated carbocycles. The maximum atomic E-state index is 13.0. The molecule has 1 unspecified atom stereocenters. The lowest BCUT2D eigenvalue weighted by Crippen LogP contribution is -2.22. The van der Waals surface area contributed by atoms with Crippen molar-refractivity contribution >= 4 is 0 Å². The van der Waals surface area contributed by atoms with Gasteiger partial charge in [-0.1, -0.05) is 18.2 Å². The van der Waals surface area contributed by atoms with Gasteiger partial charge < -0.3 is 5.32 Å². The first kappa shape index (κ1) is 11.4. The average Bonchev–Trinajstić information content (AvgIpc) is 2.62. The monoisotopic (exact) mass is 242 g/mol. The molecule has 2 nitrogen and oxygen atoms in total. The van der Waals surface area contributed by atoms with Crippen LogP contribution in [-0.4, -0.2) is 11.5 Å². The van der Waals surface area contributed by atoms with Gasteiger partial charge in [0.25, 0.3) is 0 Å². The Hall–Kier alpha value is -1.74. The van der Waals surface area contributed by atoms with E-state index in [1.165, 1.54) is 17.7 Å². The van der Waals surface area contributed by atoms with E-state index in [4.69, 9.17) is 0 Å². The van der Waals surface area contributed by atoms with E-state index >= 15 is 0 Å². The number of nitrogens with one attached hydrogen (secondary N) is 1. The molecule has 1 aromatic heterocycles. The van der Waals surface area contributed by atoms with Crippen LogP contribution in [0, 0.1) is 5.82 Å². The summed E-state index contributed by atoms with van der Waals surface area (Å²) in [6, 6.07) is 10.9. The van der Waals surface area contributed by atoms with Gasteiger partial charge in [0, 0.05) is 11.9 Å². The summed E-state index contributed by atoms with van der Waals surface area (Å²) in [4.78, 5) is 4.46. The minimum absolute atomic E-state index is 0.122. The minimum Gasteiger partial charge on any atom is -0.306 e. The summed E-state index contributed by atoms with van der Waals surface area (Å²) in [6.07, 6.45) is 3.93. The van der Waals surface area contributed by atoms with E-state index in [1.54, 1.807) is 0 Å². The molecule has 2 aromatic rings. The Morgan fingerprint density at radius 2 is 2.00 bits per heavy atom. The van der Waals surface area contributed by atoms with Crippen molar-refractivity contribution in [2.24, 2.45) is 0 Å². The number of rotatable bonds is 1. The first-order valence-electron chi connectivity index (χ1n) is 6.27. The predicted molar refractivity (Wildman–Crippen MR) is 68.8 cm³/mol. The highest BCUT2D eigenvalue weighted by molar-refractivity contribution is 5.35. The van der Waals surface area contributed by atoms with Crippen LogP contribution in [0.3, 0.4) is 0 Å². The Morgan fingerprint density at radius 3 is 2.83 bits per heavy atom. The van der Waals surface area contributed by atoms with E-state index in [0.717, 1.165) is 30.6 Å². The fraction of sp³-hybridized carbons (Fsp3) is 0.267. The van der Waals surface area contributed by atoms with E-state index in [2.05, 4.69) is 16.4 Å². The topological polar surface area (TPSA) is 24.9 Å². The highest BCUT2D eigenvalue weighted by Crippen LogP contribution is 2.27. The highest BCUT2D eigenvalue weighted by Gasteiger charge is 2.20. The molecule has 0 amide bonds. The van der Waals surface area contributed by atoms with Crippen LogP contribution in [0.4, 0.5) is 4.39 Å². The van der Waals surface area contributed by atoms with Crippen molar-refractivity contribution in [3.8, 4) is 0 Å². The summed E-state index contributed by atoms with van der Waals surface area (Å²) >= 11 is 0. The van der Waals surface area contributed by atoms with E-state index in [0.29, 0.717) is 0 Å². The Morgan fingerprint density at radius 1 is 1.17 bits per heavy atom. The maximum Gasteiger partial charge on any atom is 0.123 e. The summed E-state index contributed by atoms with van der Waals surface area (Å²) in [7, 11) is 0. The molecular weight excluding hydrogens is 227 g/mol. The standard InChI is InChI=1S/C15H15FN2/c16-12-7-5-11(6-8-12)15-13-3-1-9-17-14(13)4-2-10-18-15/h1,3,5-9,15,18H,2,4,10H2. The molecule has 1 N–H and O–H groups in total. The SMILES string of the molecule is Fc1ccc(C2NCCCc3ncccc32)cc1. The predicted octanol–water partition coefficient (Wildman–Crippen LogP) is 2.85. The van der Waals surface area contributed by atoms with E-state index < -0.39 is 0 Å². The molecule has 0 radical (unpaired) electrons. The largest absolute Gasteiger partial charge is 0.306 e. The van der Waals surface area contributed by atoms with Crippen molar-refractivity contribution in [2.45, 2.75) is 18.9 Å². The molecule has 1 aliphatic heterocycles. The lowest BCUT2D eigenvalue weighted by molar-refractivity contribution is 0.602. The zero-order valence-corrected chi connectivity index (χ0v) is 10.1. The number of hydrogen-bond donors (Lipinski definition) is 1. The molecule has 0 bridgehead atoms. The van der Waals surface area contributed by atoms with Crippen LogP contribution in [0.5, 0.6) is 0 Å². The first-order valence-corrected chi connectivity index (χ1v) is 6.27. The van der Waals surface area contributed by atoms with E-state index in [9.17, 15) is 4.39 Å². The van der Waals surface area contributed by atoms with Gasteiger partial charge in [0.1, 0.15) is 5.82 Å². The highest BCUT2D eigenvalue weighted by atomic mass is 19.1. The van der Waals surface area contributed by atoms with Gasteiger partial charge in [-0.25, -0.2) is 4.39 Å². The number of aromatic nitrogens is 1. The van der Waals surface area contributed by atoms with Crippen LogP contribution in [0.25, 0.3) is 0 Å². The van der Waals surface area contributed by atoms with Gasteiger partial charge in [-0.05, 0) is 48.7 Å². The quantitative estimate of drug-likeness (QED) is 0.831. The summed E-state index contributed by atoms with van der Waals surface area (Å²) < 4.78 is 13.0. The third-order valence-corrected chi connectivity index (χ3v) is 3.38. The zero-order valence-electron chi connectivity index (χ0n) is 10.1. The lowest BCUT2D eigenvalue weighted by atomic mass is 9.97. The number of hydrogen-bond acceptors (Lipinski definition) is 2. The molecule has 1 aliphatic rings. The Balaban J connectivity index is 2.03. The van der Waals surface area contributed by atoms with Gasteiger partial charge >= 0.3 is 0 Å². The maximum absolute atomic E-state index is 13.0. The fourth-order valence-corrected chi connectivity index (χ4v) is 2.49. The van der Waals surface area contributed by atoms with Gasteiger partial charge in [0.05, 0.1) is 6.04 Å². The molecule has 1 aromatic carbocycles. The van der Waals surface area contributed by atoms with Crippen molar-refractivity contribution in [1.29, 1.82) is 0 Å². The van der Waals surface area contributed by atoms with Crippen molar-refractivity contribution in [3.05, 3.63) is 65.2 Å². The van der Waals surface area contributed by atoms with Gasteiger partial charge in [-0.15, -0.1) is 0 Å². The Kier molecular flexibility index (Phi) is 3.07. The second-order valence-electron chi connectivity index (χ2n) is 4.58. The van der Waals surface area contributed by atoms with Gasteiger partial charge in [-0.3, -0.25) is 4.98 Å². The zero-order chi connectivity index (χ0) is 12.4. The van der Waals surface area contributed by atoms with Gasteiger partial charge in [0.2, 0.25) is 0 Å². The van der Waals surface area contributed by atoms with Crippen LogP contribution >= 0.6 is 0 Å². The Labute approximate surface area is 106 Å². The molecule has 0 saturated heterocycles. The van der Waals surface area contributed by atoms with Gasteiger partial charge in [-0.2, -0.15) is 0 Å². The van der Waals surface area contributed by atoms with Crippen molar-refractivity contribution < 1.29 is 4.39 Å². The number of fused-ring (bicyclic) bond motifs is 1. The molecule has 0 fully saturated rings.